The summed E-state index contributed by atoms with van der Waals surface area (Å²) in [6, 6.07) is 1.87. The van der Waals surface area contributed by atoms with Crippen LogP contribution in [0.4, 0.5) is 14.5 Å². The normalized spacial score (nSPS) is 16.8. The Hall–Kier alpha value is -1.05. The van der Waals surface area contributed by atoms with Crippen LogP contribution in [0.25, 0.3) is 0 Å². The predicted octanol–water partition coefficient (Wildman–Crippen LogP) is 1.96. The largest absolute Gasteiger partial charge is 0.322 e. The summed E-state index contributed by atoms with van der Waals surface area (Å²) in [5.74, 6) is -1.79. The minimum atomic E-state index is -0.789. The standard InChI is InChI=1S/C13H16BrF2N3O/c14-10-6-9(15)7-11(16)13(10)18-12(20)8-19-4-1-2-17-3-5-19/h6-7,17H,1-5,8H2,(H,18,20). The molecule has 2 rings (SSSR count). The van der Waals surface area contributed by atoms with Gasteiger partial charge in [0.25, 0.3) is 0 Å². The van der Waals surface area contributed by atoms with Gasteiger partial charge in [-0.1, -0.05) is 0 Å². The fourth-order valence-electron chi connectivity index (χ4n) is 2.10. The average Bonchev–Trinajstić information content (AvgIpc) is 2.62. The highest BCUT2D eigenvalue weighted by atomic mass is 79.9. The molecule has 1 heterocycles. The van der Waals surface area contributed by atoms with Crippen LogP contribution in [0.5, 0.6) is 0 Å². The second-order valence-electron chi connectivity index (χ2n) is 4.67. The number of amides is 1. The Kier molecular flexibility index (Phi) is 5.45. The second-order valence-corrected chi connectivity index (χ2v) is 5.53. The SMILES string of the molecule is O=C(CN1CCCNCC1)Nc1c(F)cc(F)cc1Br. The Labute approximate surface area is 124 Å². The molecule has 1 saturated heterocycles. The molecule has 0 saturated carbocycles. The number of hydrogen-bond acceptors (Lipinski definition) is 3. The Morgan fingerprint density at radius 2 is 2.15 bits per heavy atom. The first-order valence-electron chi connectivity index (χ1n) is 6.44. The molecule has 0 aliphatic carbocycles. The van der Waals surface area contributed by atoms with Crippen LogP contribution in [0.15, 0.2) is 16.6 Å². The number of carbonyl (C=O) groups excluding carboxylic acids is 1. The maximum atomic E-state index is 13.6. The van der Waals surface area contributed by atoms with Crippen LogP contribution in [0.2, 0.25) is 0 Å². The van der Waals surface area contributed by atoms with E-state index in [-0.39, 0.29) is 22.6 Å². The van der Waals surface area contributed by atoms with E-state index in [9.17, 15) is 13.6 Å². The minimum Gasteiger partial charge on any atom is -0.322 e. The zero-order valence-corrected chi connectivity index (χ0v) is 12.5. The van der Waals surface area contributed by atoms with Gasteiger partial charge in [-0.3, -0.25) is 9.69 Å². The van der Waals surface area contributed by atoms with Crippen molar-refractivity contribution in [3.63, 3.8) is 0 Å². The number of rotatable bonds is 3. The molecule has 1 aliphatic heterocycles. The fourth-order valence-corrected chi connectivity index (χ4v) is 2.61. The topological polar surface area (TPSA) is 44.4 Å². The van der Waals surface area contributed by atoms with Gasteiger partial charge >= 0.3 is 0 Å². The van der Waals surface area contributed by atoms with Crippen molar-refractivity contribution in [1.82, 2.24) is 10.2 Å². The summed E-state index contributed by atoms with van der Waals surface area (Å²) in [4.78, 5) is 13.9. The van der Waals surface area contributed by atoms with Crippen molar-refractivity contribution in [2.75, 3.05) is 38.0 Å². The van der Waals surface area contributed by atoms with Crippen LogP contribution in [0.3, 0.4) is 0 Å². The monoisotopic (exact) mass is 347 g/mol. The van der Waals surface area contributed by atoms with E-state index in [1.54, 1.807) is 0 Å². The van der Waals surface area contributed by atoms with Gasteiger partial charge in [-0.2, -0.15) is 0 Å². The van der Waals surface area contributed by atoms with Gasteiger partial charge in [-0.15, -0.1) is 0 Å². The highest BCUT2D eigenvalue weighted by molar-refractivity contribution is 9.10. The van der Waals surface area contributed by atoms with Gasteiger partial charge in [-0.25, -0.2) is 8.78 Å². The van der Waals surface area contributed by atoms with E-state index in [0.29, 0.717) is 0 Å². The molecular weight excluding hydrogens is 332 g/mol. The smallest absolute Gasteiger partial charge is 0.238 e. The van der Waals surface area contributed by atoms with Gasteiger partial charge in [0.2, 0.25) is 5.91 Å². The summed E-state index contributed by atoms with van der Waals surface area (Å²) in [6.07, 6.45) is 0.974. The molecule has 0 unspecified atom stereocenters. The van der Waals surface area contributed by atoms with Crippen molar-refractivity contribution in [1.29, 1.82) is 0 Å². The van der Waals surface area contributed by atoms with E-state index in [4.69, 9.17) is 0 Å². The van der Waals surface area contributed by atoms with Gasteiger partial charge in [0.05, 0.1) is 12.2 Å². The molecule has 7 heteroatoms. The van der Waals surface area contributed by atoms with Crippen molar-refractivity contribution in [3.8, 4) is 0 Å². The number of hydrogen-bond donors (Lipinski definition) is 2. The van der Waals surface area contributed by atoms with Crippen molar-refractivity contribution in [2.24, 2.45) is 0 Å². The number of anilines is 1. The zero-order valence-electron chi connectivity index (χ0n) is 10.9. The van der Waals surface area contributed by atoms with Crippen LogP contribution in [-0.4, -0.2) is 43.5 Å². The van der Waals surface area contributed by atoms with Gasteiger partial charge < -0.3 is 10.6 Å². The predicted molar refractivity (Wildman–Crippen MR) is 76.6 cm³/mol. The van der Waals surface area contributed by atoms with Crippen molar-refractivity contribution < 1.29 is 13.6 Å². The average molecular weight is 348 g/mol. The molecule has 1 aromatic rings. The molecule has 0 spiro atoms. The van der Waals surface area contributed by atoms with Gasteiger partial charge in [0.15, 0.2) is 5.82 Å². The fraction of sp³-hybridized carbons (Fsp3) is 0.462. The Morgan fingerprint density at radius 1 is 1.35 bits per heavy atom. The molecule has 2 N–H and O–H groups in total. The number of carbonyl (C=O) groups is 1. The van der Waals surface area contributed by atoms with Gasteiger partial charge in [0, 0.05) is 23.6 Å². The molecule has 0 aromatic heterocycles. The van der Waals surface area contributed by atoms with Crippen LogP contribution in [0.1, 0.15) is 6.42 Å². The minimum absolute atomic E-state index is 0.0238. The molecule has 0 bridgehead atoms. The number of benzene rings is 1. The van der Waals surface area contributed by atoms with Gasteiger partial charge in [0.1, 0.15) is 5.82 Å². The lowest BCUT2D eigenvalue weighted by molar-refractivity contribution is -0.117. The summed E-state index contributed by atoms with van der Waals surface area (Å²) in [5.41, 5.74) is -0.0238. The summed E-state index contributed by atoms with van der Waals surface area (Å²) >= 11 is 3.05. The van der Waals surface area contributed by atoms with E-state index in [2.05, 4.69) is 26.6 Å². The molecule has 1 amide bonds. The second kappa shape index (κ2) is 7.10. The van der Waals surface area contributed by atoms with Crippen LogP contribution < -0.4 is 10.6 Å². The lowest BCUT2D eigenvalue weighted by Gasteiger charge is -2.19. The van der Waals surface area contributed by atoms with Crippen LogP contribution >= 0.6 is 15.9 Å². The van der Waals surface area contributed by atoms with E-state index in [1.165, 1.54) is 0 Å². The number of halogens is 3. The molecule has 1 aromatic carbocycles. The molecule has 4 nitrogen and oxygen atoms in total. The first-order valence-corrected chi connectivity index (χ1v) is 7.23. The third kappa shape index (κ3) is 4.22. The first-order chi connectivity index (χ1) is 9.56. The molecule has 20 heavy (non-hydrogen) atoms. The third-order valence-electron chi connectivity index (χ3n) is 3.07. The summed E-state index contributed by atoms with van der Waals surface area (Å²) in [7, 11) is 0. The van der Waals surface area contributed by atoms with E-state index >= 15 is 0 Å². The highest BCUT2D eigenvalue weighted by Gasteiger charge is 2.16. The zero-order chi connectivity index (χ0) is 14.5. The molecule has 0 radical (unpaired) electrons. The molecule has 110 valence electrons. The maximum absolute atomic E-state index is 13.6. The van der Waals surface area contributed by atoms with Gasteiger partial charge in [-0.05, 0) is 41.5 Å². The summed E-state index contributed by atoms with van der Waals surface area (Å²) in [6.45, 7) is 3.58. The Morgan fingerprint density at radius 3 is 2.90 bits per heavy atom. The third-order valence-corrected chi connectivity index (χ3v) is 3.70. The summed E-state index contributed by atoms with van der Waals surface area (Å²) in [5, 5.41) is 5.73. The lowest BCUT2D eigenvalue weighted by atomic mass is 10.3. The highest BCUT2D eigenvalue weighted by Crippen LogP contribution is 2.26. The van der Waals surface area contributed by atoms with Crippen molar-refractivity contribution >= 4 is 27.5 Å². The maximum Gasteiger partial charge on any atom is 0.238 e. The Bertz CT molecular complexity index is 467. The Balaban J connectivity index is 1.97. The van der Waals surface area contributed by atoms with Crippen molar-refractivity contribution in [2.45, 2.75) is 6.42 Å². The number of nitrogens with zero attached hydrogens (tertiary/aromatic N) is 1. The quantitative estimate of drug-likeness (QED) is 0.878. The molecular formula is C13H16BrF2N3O. The van der Waals surface area contributed by atoms with Crippen molar-refractivity contribution in [3.05, 3.63) is 28.2 Å². The van der Waals surface area contributed by atoms with Crippen LogP contribution in [-0.2, 0) is 4.79 Å². The van der Waals surface area contributed by atoms with E-state index in [1.807, 2.05) is 4.90 Å². The molecule has 1 aliphatic rings. The summed E-state index contributed by atoms with van der Waals surface area (Å²) < 4.78 is 26.8. The number of nitrogens with one attached hydrogen (secondary N) is 2. The molecule has 1 fully saturated rings. The van der Waals surface area contributed by atoms with E-state index < -0.39 is 11.6 Å². The molecule has 0 atom stereocenters. The first kappa shape index (κ1) is 15.3. The lowest BCUT2D eigenvalue weighted by Crippen LogP contribution is -2.35. The van der Waals surface area contributed by atoms with E-state index in [0.717, 1.165) is 44.7 Å². The van der Waals surface area contributed by atoms with Crippen LogP contribution in [0, 0.1) is 11.6 Å².